The van der Waals surface area contributed by atoms with Crippen molar-refractivity contribution >= 4 is 11.6 Å². The molecule has 3 heteroatoms. The molecule has 0 spiro atoms. The molecule has 19 heavy (non-hydrogen) atoms. The topological polar surface area (TPSA) is 32.3 Å². The first-order chi connectivity index (χ1) is 9.19. The van der Waals surface area contributed by atoms with E-state index >= 15 is 0 Å². The zero-order valence-electron chi connectivity index (χ0n) is 12.4. The molecule has 0 heterocycles. The second-order valence-corrected chi connectivity index (χ2v) is 4.92. The molecule has 0 aliphatic rings. The standard InChI is InChI=1S/C16H26N2O/c1-4-14(5-2)16(19)17-12-9-13-18(3)15-10-7-6-8-11-15/h6-8,10-11,14H,4-5,9,12-13H2,1-3H3,(H,17,19). The van der Waals surface area contributed by atoms with Crippen molar-refractivity contribution in [1.29, 1.82) is 0 Å². The SMILES string of the molecule is CCC(CC)C(=O)NCCCN(C)c1ccccc1. The summed E-state index contributed by atoms with van der Waals surface area (Å²) >= 11 is 0. The maximum absolute atomic E-state index is 11.8. The van der Waals surface area contributed by atoms with Crippen LogP contribution in [0.1, 0.15) is 33.1 Å². The minimum absolute atomic E-state index is 0.173. The smallest absolute Gasteiger partial charge is 0.223 e. The molecular weight excluding hydrogens is 236 g/mol. The Hall–Kier alpha value is -1.51. The number of carbonyl (C=O) groups is 1. The number of amides is 1. The van der Waals surface area contributed by atoms with Crippen LogP contribution in [0.2, 0.25) is 0 Å². The Morgan fingerprint density at radius 1 is 1.21 bits per heavy atom. The predicted octanol–water partition coefficient (Wildman–Crippen LogP) is 3.07. The Labute approximate surface area is 117 Å². The first-order valence-corrected chi connectivity index (χ1v) is 7.22. The molecule has 1 N–H and O–H groups in total. The first kappa shape index (κ1) is 15.5. The van der Waals surface area contributed by atoms with Crippen LogP contribution in [-0.2, 0) is 4.79 Å². The maximum Gasteiger partial charge on any atom is 0.223 e. The van der Waals surface area contributed by atoms with Gasteiger partial charge in [0.1, 0.15) is 0 Å². The van der Waals surface area contributed by atoms with Gasteiger partial charge < -0.3 is 10.2 Å². The lowest BCUT2D eigenvalue weighted by Gasteiger charge is -2.19. The van der Waals surface area contributed by atoms with E-state index in [0.29, 0.717) is 0 Å². The van der Waals surface area contributed by atoms with Crippen LogP contribution in [0.15, 0.2) is 30.3 Å². The molecule has 0 aliphatic heterocycles. The molecule has 0 fully saturated rings. The predicted molar refractivity (Wildman–Crippen MR) is 81.4 cm³/mol. The Morgan fingerprint density at radius 3 is 2.42 bits per heavy atom. The van der Waals surface area contributed by atoms with Gasteiger partial charge in [0, 0.05) is 31.7 Å². The fourth-order valence-corrected chi connectivity index (χ4v) is 2.14. The molecule has 1 rings (SSSR count). The highest BCUT2D eigenvalue weighted by atomic mass is 16.1. The van der Waals surface area contributed by atoms with Gasteiger partial charge in [0.2, 0.25) is 5.91 Å². The number of hydrogen-bond acceptors (Lipinski definition) is 2. The summed E-state index contributed by atoms with van der Waals surface area (Å²) in [7, 11) is 2.08. The van der Waals surface area contributed by atoms with Crippen molar-refractivity contribution in [3.63, 3.8) is 0 Å². The highest BCUT2D eigenvalue weighted by Crippen LogP contribution is 2.11. The maximum atomic E-state index is 11.8. The molecule has 1 aromatic rings. The highest BCUT2D eigenvalue weighted by molar-refractivity contribution is 5.78. The lowest BCUT2D eigenvalue weighted by Crippen LogP contribution is -2.32. The van der Waals surface area contributed by atoms with Crippen LogP contribution >= 0.6 is 0 Å². The van der Waals surface area contributed by atoms with Gasteiger partial charge in [0.15, 0.2) is 0 Å². The van der Waals surface area contributed by atoms with Crippen LogP contribution in [0.3, 0.4) is 0 Å². The van der Waals surface area contributed by atoms with Crippen molar-refractivity contribution < 1.29 is 4.79 Å². The largest absolute Gasteiger partial charge is 0.375 e. The number of hydrogen-bond donors (Lipinski definition) is 1. The number of anilines is 1. The molecule has 0 radical (unpaired) electrons. The van der Waals surface area contributed by atoms with Crippen molar-refractivity contribution in [3.8, 4) is 0 Å². The molecule has 106 valence electrons. The summed E-state index contributed by atoms with van der Waals surface area (Å²) in [5.41, 5.74) is 1.22. The van der Waals surface area contributed by atoms with E-state index in [4.69, 9.17) is 0 Å². The van der Waals surface area contributed by atoms with Gasteiger partial charge in [-0.2, -0.15) is 0 Å². The van der Waals surface area contributed by atoms with Gasteiger partial charge in [0.25, 0.3) is 0 Å². The second-order valence-electron chi connectivity index (χ2n) is 4.92. The average molecular weight is 262 g/mol. The monoisotopic (exact) mass is 262 g/mol. The normalized spacial score (nSPS) is 10.5. The number of nitrogens with one attached hydrogen (secondary N) is 1. The van der Waals surface area contributed by atoms with Gasteiger partial charge in [-0.1, -0.05) is 32.0 Å². The number of nitrogens with zero attached hydrogens (tertiary/aromatic N) is 1. The Kier molecular flexibility index (Phi) is 7.01. The Balaban J connectivity index is 2.22. The lowest BCUT2D eigenvalue weighted by atomic mass is 10.0. The molecular formula is C16H26N2O. The van der Waals surface area contributed by atoms with Crippen LogP contribution in [0.25, 0.3) is 0 Å². The van der Waals surface area contributed by atoms with E-state index in [9.17, 15) is 4.79 Å². The molecule has 1 amide bonds. The van der Waals surface area contributed by atoms with Crippen molar-refractivity contribution in [2.75, 3.05) is 25.0 Å². The summed E-state index contributed by atoms with van der Waals surface area (Å²) in [6.07, 6.45) is 2.82. The van der Waals surface area contributed by atoms with Gasteiger partial charge >= 0.3 is 0 Å². The van der Waals surface area contributed by atoms with Gasteiger partial charge in [-0.25, -0.2) is 0 Å². The van der Waals surface area contributed by atoms with Crippen LogP contribution in [-0.4, -0.2) is 26.0 Å². The fraction of sp³-hybridized carbons (Fsp3) is 0.562. The minimum atomic E-state index is 0.173. The van der Waals surface area contributed by atoms with Crippen LogP contribution in [0.5, 0.6) is 0 Å². The van der Waals surface area contributed by atoms with E-state index in [2.05, 4.69) is 43.2 Å². The molecule has 0 atom stereocenters. The number of para-hydroxylation sites is 1. The molecule has 3 nitrogen and oxygen atoms in total. The number of carbonyl (C=O) groups excluding carboxylic acids is 1. The van der Waals surface area contributed by atoms with Crippen molar-refractivity contribution in [1.82, 2.24) is 5.32 Å². The third-order valence-corrected chi connectivity index (χ3v) is 3.52. The van der Waals surface area contributed by atoms with Gasteiger partial charge in [-0.3, -0.25) is 4.79 Å². The summed E-state index contributed by atoms with van der Waals surface area (Å²) in [5, 5.41) is 3.03. The van der Waals surface area contributed by atoms with E-state index in [1.54, 1.807) is 0 Å². The zero-order valence-corrected chi connectivity index (χ0v) is 12.4. The van der Waals surface area contributed by atoms with Crippen molar-refractivity contribution in [2.24, 2.45) is 5.92 Å². The van der Waals surface area contributed by atoms with Crippen molar-refractivity contribution in [3.05, 3.63) is 30.3 Å². The molecule has 0 saturated carbocycles. The summed E-state index contributed by atoms with van der Waals surface area (Å²) < 4.78 is 0. The van der Waals surface area contributed by atoms with Gasteiger partial charge in [-0.15, -0.1) is 0 Å². The number of benzene rings is 1. The molecule has 1 aromatic carbocycles. The lowest BCUT2D eigenvalue weighted by molar-refractivity contribution is -0.125. The van der Waals surface area contributed by atoms with Crippen LogP contribution in [0.4, 0.5) is 5.69 Å². The van der Waals surface area contributed by atoms with Crippen LogP contribution in [0, 0.1) is 5.92 Å². The summed E-state index contributed by atoms with van der Waals surface area (Å²) in [6.45, 7) is 5.84. The third-order valence-electron chi connectivity index (χ3n) is 3.52. The number of rotatable bonds is 8. The summed E-state index contributed by atoms with van der Waals surface area (Å²) in [4.78, 5) is 14.0. The first-order valence-electron chi connectivity index (χ1n) is 7.22. The van der Waals surface area contributed by atoms with E-state index in [1.165, 1.54) is 5.69 Å². The third kappa shape index (κ3) is 5.33. The molecule has 0 unspecified atom stereocenters. The quantitative estimate of drug-likeness (QED) is 0.730. The van der Waals surface area contributed by atoms with Gasteiger partial charge in [-0.05, 0) is 31.4 Å². The van der Waals surface area contributed by atoms with Crippen molar-refractivity contribution in [2.45, 2.75) is 33.1 Å². The minimum Gasteiger partial charge on any atom is -0.375 e. The molecule has 0 aliphatic carbocycles. The van der Waals surface area contributed by atoms with Gasteiger partial charge in [0.05, 0.1) is 0 Å². The molecule has 0 saturated heterocycles. The highest BCUT2D eigenvalue weighted by Gasteiger charge is 2.12. The molecule has 0 aromatic heterocycles. The summed E-state index contributed by atoms with van der Waals surface area (Å²) in [6, 6.07) is 10.3. The van der Waals surface area contributed by atoms with E-state index in [1.807, 2.05) is 18.2 Å². The summed E-state index contributed by atoms with van der Waals surface area (Å²) in [5.74, 6) is 0.374. The Morgan fingerprint density at radius 2 is 1.84 bits per heavy atom. The second kappa shape index (κ2) is 8.57. The molecule has 0 bridgehead atoms. The Bertz CT molecular complexity index is 360. The van der Waals surface area contributed by atoms with Crippen LogP contribution < -0.4 is 10.2 Å². The average Bonchev–Trinajstić information content (AvgIpc) is 2.45. The van der Waals surface area contributed by atoms with E-state index < -0.39 is 0 Å². The fourth-order valence-electron chi connectivity index (χ4n) is 2.14. The van der Waals surface area contributed by atoms with E-state index in [-0.39, 0.29) is 11.8 Å². The zero-order chi connectivity index (χ0) is 14.1. The van der Waals surface area contributed by atoms with E-state index in [0.717, 1.165) is 32.4 Å².